The van der Waals surface area contributed by atoms with Crippen LogP contribution in [0.2, 0.25) is 5.02 Å². The first-order valence-corrected chi connectivity index (χ1v) is 13.6. The number of rotatable bonds is 8. The zero-order valence-electron chi connectivity index (χ0n) is 22.1. The predicted molar refractivity (Wildman–Crippen MR) is 147 cm³/mol. The predicted octanol–water partition coefficient (Wildman–Crippen LogP) is 7.41. The maximum Gasteiger partial charge on any atom is 0.424 e. The second-order valence-electron chi connectivity index (χ2n) is 9.91. The van der Waals surface area contributed by atoms with E-state index in [1.165, 1.54) is 12.1 Å². The monoisotopic (exact) mass is 554 g/mol. The minimum absolute atomic E-state index is 0.0450. The fraction of sp³-hybridized carbons (Fsp3) is 0.400. The molecule has 0 radical (unpaired) electrons. The summed E-state index contributed by atoms with van der Waals surface area (Å²) in [6.07, 6.45) is 4.86. The molecule has 1 aromatic heterocycles. The van der Waals surface area contributed by atoms with Gasteiger partial charge in [0.2, 0.25) is 12.7 Å². The third kappa shape index (κ3) is 6.92. The highest BCUT2D eigenvalue weighted by molar-refractivity contribution is 6.30. The summed E-state index contributed by atoms with van der Waals surface area (Å²) < 4.78 is 24.0. The van der Waals surface area contributed by atoms with Gasteiger partial charge in [0.1, 0.15) is 5.82 Å². The van der Waals surface area contributed by atoms with Crippen LogP contribution in [0, 0.1) is 17.7 Å². The zero-order chi connectivity index (χ0) is 27.9. The van der Waals surface area contributed by atoms with E-state index >= 15 is 0 Å². The Kier molecular flexibility index (Phi) is 9.51. The van der Waals surface area contributed by atoms with Crippen LogP contribution in [0.1, 0.15) is 63.9 Å². The Morgan fingerprint density at radius 3 is 2.46 bits per heavy atom. The van der Waals surface area contributed by atoms with Crippen molar-refractivity contribution >= 4 is 46.2 Å². The van der Waals surface area contributed by atoms with Crippen molar-refractivity contribution in [2.45, 2.75) is 58.3 Å². The molecule has 1 atom stereocenters. The average Bonchev–Trinajstić information content (AvgIpc) is 2.93. The fourth-order valence-corrected chi connectivity index (χ4v) is 5.36. The Hall–Kier alpha value is -3.52. The van der Waals surface area contributed by atoms with Crippen LogP contribution in [0.15, 0.2) is 54.7 Å². The molecule has 4 rings (SSSR count). The number of carbonyl (C=O) groups is 3. The lowest BCUT2D eigenvalue weighted by Crippen LogP contribution is -2.43. The van der Waals surface area contributed by atoms with E-state index in [-0.39, 0.29) is 24.1 Å². The van der Waals surface area contributed by atoms with Crippen LogP contribution in [0.4, 0.5) is 14.9 Å². The number of amides is 2. The molecule has 1 saturated carbocycles. The highest BCUT2D eigenvalue weighted by atomic mass is 35.5. The largest absolute Gasteiger partial charge is 0.428 e. The highest BCUT2D eigenvalue weighted by Crippen LogP contribution is 2.41. The number of pyridine rings is 1. The second-order valence-corrected chi connectivity index (χ2v) is 10.3. The van der Waals surface area contributed by atoms with Crippen molar-refractivity contribution in [3.8, 4) is 0 Å². The smallest absolute Gasteiger partial charge is 0.424 e. The molecule has 0 bridgehead atoms. The summed E-state index contributed by atoms with van der Waals surface area (Å²) in [5.41, 5.74) is 2.15. The van der Waals surface area contributed by atoms with E-state index in [1.54, 1.807) is 36.5 Å². The van der Waals surface area contributed by atoms with Gasteiger partial charge in [0.15, 0.2) is 0 Å². The van der Waals surface area contributed by atoms with Crippen molar-refractivity contribution < 1.29 is 28.2 Å². The van der Waals surface area contributed by atoms with E-state index < -0.39 is 30.7 Å². The van der Waals surface area contributed by atoms with Crippen LogP contribution in [0.5, 0.6) is 0 Å². The number of carbonyl (C=O) groups excluding carboxylic acids is 3. The van der Waals surface area contributed by atoms with Crippen LogP contribution in [-0.2, 0) is 19.1 Å². The average molecular weight is 555 g/mol. The SMILES string of the molecule is CCCC(=O)OCOC(=O)N(C(=O)[C@H](C)C1CCC(c2ccnc3ccc(F)cc23)CC1)c1ccc(Cl)cc1. The first kappa shape index (κ1) is 28.5. The normalized spacial score (nSPS) is 17.8. The Labute approximate surface area is 232 Å². The van der Waals surface area contributed by atoms with Gasteiger partial charge >= 0.3 is 12.1 Å². The molecule has 2 amide bonds. The molecule has 0 N–H and O–H groups in total. The molecular formula is C30H32ClFN2O5. The van der Waals surface area contributed by atoms with E-state index in [2.05, 4.69) is 4.98 Å². The number of halogens is 2. The van der Waals surface area contributed by atoms with E-state index in [4.69, 9.17) is 21.1 Å². The van der Waals surface area contributed by atoms with Crippen LogP contribution in [-0.4, -0.2) is 29.7 Å². The fourth-order valence-electron chi connectivity index (χ4n) is 5.23. The minimum atomic E-state index is -0.919. The topological polar surface area (TPSA) is 85.8 Å². The molecule has 0 saturated heterocycles. The van der Waals surface area contributed by atoms with Gasteiger partial charge in [-0.2, -0.15) is 0 Å². The Morgan fingerprint density at radius 2 is 1.77 bits per heavy atom. The number of benzene rings is 2. The van der Waals surface area contributed by atoms with Crippen LogP contribution in [0.3, 0.4) is 0 Å². The summed E-state index contributed by atoms with van der Waals surface area (Å²) in [6.45, 7) is 3.08. The van der Waals surface area contributed by atoms with Crippen molar-refractivity contribution in [2.24, 2.45) is 11.8 Å². The molecule has 0 aliphatic heterocycles. The lowest BCUT2D eigenvalue weighted by atomic mass is 9.73. The summed E-state index contributed by atoms with van der Waals surface area (Å²) in [5.74, 6) is -1.37. The standard InChI is InChI=1S/C30H32ClFN2O5/c1-3-4-28(35)38-18-39-30(37)34(24-12-9-22(31)10-13-24)29(36)19(2)20-5-7-21(8-6-20)25-15-16-33-27-14-11-23(32)17-26(25)27/h9-17,19-21H,3-8,18H2,1-2H3/t19-,20?,21?/m1/s1. The van der Waals surface area contributed by atoms with Crippen molar-refractivity contribution in [3.63, 3.8) is 0 Å². The molecule has 1 aliphatic rings. The summed E-state index contributed by atoms with van der Waals surface area (Å²) in [6, 6.07) is 12.9. The van der Waals surface area contributed by atoms with Gasteiger partial charge < -0.3 is 9.47 Å². The van der Waals surface area contributed by atoms with Gasteiger partial charge in [-0.25, -0.2) is 14.1 Å². The maximum atomic E-state index is 14.0. The molecule has 7 nitrogen and oxygen atoms in total. The first-order valence-electron chi connectivity index (χ1n) is 13.2. The third-order valence-electron chi connectivity index (χ3n) is 7.39. The molecule has 1 fully saturated rings. The number of fused-ring (bicyclic) bond motifs is 1. The first-order chi connectivity index (χ1) is 18.8. The van der Waals surface area contributed by atoms with Crippen molar-refractivity contribution in [3.05, 3.63) is 71.1 Å². The molecule has 39 heavy (non-hydrogen) atoms. The molecule has 1 aliphatic carbocycles. The Balaban J connectivity index is 1.45. The Morgan fingerprint density at radius 1 is 1.05 bits per heavy atom. The van der Waals surface area contributed by atoms with Crippen molar-refractivity contribution in [1.29, 1.82) is 0 Å². The summed E-state index contributed by atoms with van der Waals surface area (Å²) in [7, 11) is 0. The summed E-state index contributed by atoms with van der Waals surface area (Å²) in [4.78, 5) is 43.7. The number of hydrogen-bond donors (Lipinski definition) is 0. The lowest BCUT2D eigenvalue weighted by Gasteiger charge is -2.34. The van der Waals surface area contributed by atoms with Gasteiger partial charge in [0.05, 0.1) is 11.2 Å². The van der Waals surface area contributed by atoms with Crippen molar-refractivity contribution in [1.82, 2.24) is 4.98 Å². The zero-order valence-corrected chi connectivity index (χ0v) is 22.8. The van der Waals surface area contributed by atoms with Crippen LogP contribution < -0.4 is 4.90 Å². The minimum Gasteiger partial charge on any atom is -0.428 e. The molecule has 206 valence electrons. The number of imide groups is 1. The van der Waals surface area contributed by atoms with Gasteiger partial charge in [-0.1, -0.05) is 25.4 Å². The molecule has 9 heteroatoms. The van der Waals surface area contributed by atoms with Gasteiger partial charge in [-0.05, 0) is 98.0 Å². The highest BCUT2D eigenvalue weighted by Gasteiger charge is 2.36. The van der Waals surface area contributed by atoms with Gasteiger partial charge in [-0.3, -0.25) is 14.6 Å². The van der Waals surface area contributed by atoms with E-state index in [0.29, 0.717) is 17.1 Å². The van der Waals surface area contributed by atoms with Gasteiger partial charge in [0, 0.05) is 28.9 Å². The van der Waals surface area contributed by atoms with E-state index in [9.17, 15) is 18.8 Å². The van der Waals surface area contributed by atoms with Crippen molar-refractivity contribution in [2.75, 3.05) is 11.7 Å². The molecule has 0 spiro atoms. The number of aromatic nitrogens is 1. The van der Waals surface area contributed by atoms with E-state index in [0.717, 1.165) is 47.0 Å². The molecule has 3 aromatic rings. The second kappa shape index (κ2) is 13.0. The number of anilines is 1. The molecule has 2 aromatic carbocycles. The molecule has 1 heterocycles. The van der Waals surface area contributed by atoms with Gasteiger partial charge in [0.25, 0.3) is 0 Å². The number of hydrogen-bond acceptors (Lipinski definition) is 6. The summed E-state index contributed by atoms with van der Waals surface area (Å²) in [5, 5.41) is 1.28. The van der Waals surface area contributed by atoms with E-state index in [1.807, 2.05) is 19.9 Å². The van der Waals surface area contributed by atoms with Crippen LogP contribution >= 0.6 is 11.6 Å². The molecular weight excluding hydrogens is 523 g/mol. The maximum absolute atomic E-state index is 14.0. The third-order valence-corrected chi connectivity index (χ3v) is 7.64. The number of esters is 1. The summed E-state index contributed by atoms with van der Waals surface area (Å²) >= 11 is 6.02. The molecule has 0 unspecified atom stereocenters. The number of nitrogens with zero attached hydrogens (tertiary/aromatic N) is 2. The quantitative estimate of drug-likeness (QED) is 0.213. The Bertz CT molecular complexity index is 1320. The lowest BCUT2D eigenvalue weighted by molar-refractivity contribution is -0.151. The van der Waals surface area contributed by atoms with Crippen LogP contribution in [0.25, 0.3) is 10.9 Å². The van der Waals surface area contributed by atoms with Gasteiger partial charge in [-0.15, -0.1) is 0 Å². The number of ether oxygens (including phenoxy) is 2.